The zero-order chi connectivity index (χ0) is 9.14. The van der Waals surface area contributed by atoms with Crippen LogP contribution in [-0.4, -0.2) is 56.3 Å². The molecule has 0 spiro atoms. The van der Waals surface area contributed by atoms with E-state index in [4.69, 9.17) is 15.3 Å². The van der Waals surface area contributed by atoms with Gasteiger partial charge in [0.1, 0.15) is 5.75 Å². The van der Waals surface area contributed by atoms with Gasteiger partial charge in [-0.25, -0.2) is 4.79 Å². The quantitative estimate of drug-likeness (QED) is 0.546. The van der Waals surface area contributed by atoms with E-state index in [0.717, 1.165) is 0 Å². The molecule has 74 valence electrons. The second-order valence-corrected chi connectivity index (χ2v) is 2.33. The average molecular weight is 210 g/mol. The predicted molar refractivity (Wildman–Crippen MR) is 51.5 cm³/mol. The van der Waals surface area contributed by atoms with Crippen LogP contribution < -0.4 is 0 Å². The summed E-state index contributed by atoms with van der Waals surface area (Å²) in [7, 11) is 0. The zero-order valence-corrected chi connectivity index (χ0v) is 6.64. The normalized spacial score (nSPS) is 10.6. The van der Waals surface area contributed by atoms with Crippen molar-refractivity contribution < 1.29 is 25.6 Å². The summed E-state index contributed by atoms with van der Waals surface area (Å²) in [6.07, 6.45) is -1.52. The summed E-state index contributed by atoms with van der Waals surface area (Å²) in [5.41, 5.74) is 0.250. The molecule has 0 saturated carbocycles. The zero-order valence-electron chi connectivity index (χ0n) is 6.64. The molecule has 0 radical (unpaired) electrons. The first-order valence-corrected chi connectivity index (χ1v) is 3.31. The van der Waals surface area contributed by atoms with Gasteiger partial charge in [-0.1, -0.05) is 12.1 Å². The number of carboxylic acids is 1. The number of aliphatic carboxylic acids is 1. The molecule has 0 aliphatic heterocycles. The molecule has 0 bridgehead atoms. The molecule has 0 aliphatic carbocycles. The summed E-state index contributed by atoms with van der Waals surface area (Å²) < 4.78 is 0. The molecule has 0 saturated heterocycles. The molecular weight excluding hydrogens is 199 g/mol. The molecular formula is C8H11NaO5. The summed E-state index contributed by atoms with van der Waals surface area (Å²) in [5.74, 6) is -1.27. The van der Waals surface area contributed by atoms with Gasteiger partial charge in [-0.3, -0.25) is 0 Å². The van der Waals surface area contributed by atoms with Crippen molar-refractivity contribution in [2.24, 2.45) is 0 Å². The molecule has 1 aromatic carbocycles. The van der Waals surface area contributed by atoms with Crippen molar-refractivity contribution in [3.05, 3.63) is 29.8 Å². The average Bonchev–Trinajstić information content (AvgIpc) is 2.04. The maximum atomic E-state index is 10.3. The second kappa shape index (κ2) is 6.80. The van der Waals surface area contributed by atoms with Gasteiger partial charge in [0.15, 0.2) is 6.10 Å². The Morgan fingerprint density at radius 2 is 1.64 bits per heavy atom. The Kier molecular flexibility index (Phi) is 7.71. The van der Waals surface area contributed by atoms with Crippen LogP contribution in [0.15, 0.2) is 24.3 Å². The van der Waals surface area contributed by atoms with Crippen LogP contribution in [0.3, 0.4) is 0 Å². The first-order valence-electron chi connectivity index (χ1n) is 3.31. The van der Waals surface area contributed by atoms with E-state index >= 15 is 0 Å². The minimum absolute atomic E-state index is 0. The Bertz CT molecular complexity index is 284. The Morgan fingerprint density at radius 1 is 1.21 bits per heavy atom. The number of hydrogen-bond donors (Lipinski definition) is 3. The molecule has 0 aliphatic rings. The molecule has 0 aromatic heterocycles. The van der Waals surface area contributed by atoms with Crippen LogP contribution in [0.1, 0.15) is 11.7 Å². The number of aliphatic hydroxyl groups is 1. The summed E-state index contributed by atoms with van der Waals surface area (Å²) in [6, 6.07) is 5.35. The summed E-state index contributed by atoms with van der Waals surface area (Å²) in [4.78, 5) is 10.3. The summed E-state index contributed by atoms with van der Waals surface area (Å²) >= 11 is 0. The van der Waals surface area contributed by atoms with Crippen molar-refractivity contribution in [2.75, 3.05) is 0 Å². The van der Waals surface area contributed by atoms with Crippen molar-refractivity contribution in [3.8, 4) is 5.75 Å². The Labute approximate surface area is 103 Å². The first kappa shape index (κ1) is 15.9. The van der Waals surface area contributed by atoms with Gasteiger partial charge < -0.3 is 20.8 Å². The van der Waals surface area contributed by atoms with Gasteiger partial charge in [0, 0.05) is 0 Å². The predicted octanol–water partition coefficient (Wildman–Crippen LogP) is -0.963. The fourth-order valence-corrected chi connectivity index (χ4v) is 0.799. The van der Waals surface area contributed by atoms with Crippen molar-refractivity contribution in [1.82, 2.24) is 0 Å². The fraction of sp³-hybridized carbons (Fsp3) is 0.125. The van der Waals surface area contributed by atoms with Gasteiger partial charge >= 0.3 is 35.5 Å². The van der Waals surface area contributed by atoms with E-state index in [0.29, 0.717) is 0 Å². The van der Waals surface area contributed by atoms with Gasteiger partial charge in [0.2, 0.25) is 0 Å². The van der Waals surface area contributed by atoms with Crippen LogP contribution in [0.4, 0.5) is 0 Å². The van der Waals surface area contributed by atoms with Crippen molar-refractivity contribution in [1.29, 1.82) is 0 Å². The van der Waals surface area contributed by atoms with Crippen molar-refractivity contribution in [3.63, 3.8) is 0 Å². The SMILES string of the molecule is O.O=C(O)C(O)c1ccc(O)cc1.[NaH]. The van der Waals surface area contributed by atoms with Crippen LogP contribution in [0.2, 0.25) is 0 Å². The summed E-state index contributed by atoms with van der Waals surface area (Å²) in [6.45, 7) is 0. The fourth-order valence-electron chi connectivity index (χ4n) is 0.799. The van der Waals surface area contributed by atoms with Crippen LogP contribution in [0.25, 0.3) is 0 Å². The number of benzene rings is 1. The third kappa shape index (κ3) is 4.08. The molecule has 0 fully saturated rings. The van der Waals surface area contributed by atoms with Gasteiger partial charge in [0.05, 0.1) is 0 Å². The van der Waals surface area contributed by atoms with Crippen molar-refractivity contribution in [2.45, 2.75) is 6.10 Å². The van der Waals surface area contributed by atoms with Gasteiger partial charge in [-0.05, 0) is 17.7 Å². The number of phenolic OH excluding ortho intramolecular Hbond substituents is 1. The third-order valence-corrected chi connectivity index (χ3v) is 1.44. The van der Waals surface area contributed by atoms with Crippen LogP contribution >= 0.6 is 0 Å². The molecule has 1 atom stereocenters. The van der Waals surface area contributed by atoms with E-state index in [2.05, 4.69) is 0 Å². The van der Waals surface area contributed by atoms with E-state index in [1.54, 1.807) is 0 Å². The molecule has 1 aromatic rings. The number of phenols is 1. The third-order valence-electron chi connectivity index (χ3n) is 1.44. The number of aliphatic hydroxyl groups excluding tert-OH is 1. The first-order chi connectivity index (χ1) is 5.61. The Balaban J connectivity index is 0. The molecule has 14 heavy (non-hydrogen) atoms. The molecule has 1 unspecified atom stereocenters. The molecule has 0 amide bonds. The van der Waals surface area contributed by atoms with Crippen LogP contribution in [-0.2, 0) is 4.79 Å². The van der Waals surface area contributed by atoms with E-state index in [1.807, 2.05) is 0 Å². The van der Waals surface area contributed by atoms with Crippen molar-refractivity contribution >= 4 is 35.5 Å². The monoisotopic (exact) mass is 210 g/mol. The topological polar surface area (TPSA) is 109 Å². The second-order valence-electron chi connectivity index (χ2n) is 2.33. The Hall–Kier alpha value is -0.590. The summed E-state index contributed by atoms with van der Waals surface area (Å²) in [5, 5.41) is 26.2. The number of carboxylic acid groups (broad SMARTS) is 1. The molecule has 0 heterocycles. The van der Waals surface area contributed by atoms with Crippen LogP contribution in [0.5, 0.6) is 5.75 Å². The number of aromatic hydroxyl groups is 1. The standard InChI is InChI=1S/C8H8O4.Na.H2O.H/c9-6-3-1-5(2-4-6)7(10)8(11)12;;;/h1-4,7,9-10H,(H,11,12);;1H2;. The van der Waals surface area contributed by atoms with Gasteiger partial charge in [-0.2, -0.15) is 0 Å². The van der Waals surface area contributed by atoms with E-state index in [9.17, 15) is 4.79 Å². The van der Waals surface area contributed by atoms with Crippen LogP contribution in [0, 0.1) is 0 Å². The van der Waals surface area contributed by atoms with E-state index < -0.39 is 12.1 Å². The number of rotatable bonds is 2. The number of hydrogen-bond acceptors (Lipinski definition) is 3. The molecule has 5 nitrogen and oxygen atoms in total. The van der Waals surface area contributed by atoms with E-state index in [1.165, 1.54) is 24.3 Å². The van der Waals surface area contributed by atoms with E-state index in [-0.39, 0.29) is 46.3 Å². The molecule has 6 heteroatoms. The minimum atomic E-state index is -1.52. The Morgan fingerprint density at radius 3 is 2.00 bits per heavy atom. The van der Waals surface area contributed by atoms with Gasteiger partial charge in [-0.15, -0.1) is 0 Å². The van der Waals surface area contributed by atoms with Gasteiger partial charge in [0.25, 0.3) is 0 Å². The number of carbonyl (C=O) groups is 1. The molecule has 5 N–H and O–H groups in total. The molecule has 1 rings (SSSR count). The maximum absolute atomic E-state index is 10.3.